The predicted octanol–water partition coefficient (Wildman–Crippen LogP) is 2.92. The maximum Gasteiger partial charge on any atom is 0.268 e. The molecule has 3 heteroatoms. The van der Waals surface area contributed by atoms with Crippen molar-refractivity contribution in [3.05, 3.63) is 59.9 Å². The summed E-state index contributed by atoms with van der Waals surface area (Å²) in [7, 11) is 0. The van der Waals surface area contributed by atoms with Crippen molar-refractivity contribution >= 4 is 16.8 Å². The lowest BCUT2D eigenvalue weighted by atomic mass is 10.2. The Hall–Kier alpha value is -1.54. The molecule has 2 nitrogen and oxygen atoms in total. The Kier molecular flexibility index (Phi) is 2.88. The van der Waals surface area contributed by atoms with Gasteiger partial charge in [0.05, 0.1) is 0 Å². The monoisotopic (exact) mass is 219 g/mol. The van der Waals surface area contributed by atoms with Gasteiger partial charge in [0.15, 0.2) is 0 Å². The van der Waals surface area contributed by atoms with Gasteiger partial charge in [-0.15, -0.1) is 0 Å². The molecule has 0 amide bonds. The van der Waals surface area contributed by atoms with E-state index in [2.05, 4.69) is 0 Å². The molecule has 1 aromatic carbocycles. The number of hydrogen-bond donors (Lipinski definition) is 0. The van der Waals surface area contributed by atoms with Gasteiger partial charge < -0.3 is 4.57 Å². The van der Waals surface area contributed by atoms with Crippen LogP contribution in [0.25, 0.3) is 0 Å². The zero-order valence-corrected chi connectivity index (χ0v) is 8.82. The van der Waals surface area contributed by atoms with Crippen LogP contribution in [-0.4, -0.2) is 9.81 Å². The van der Waals surface area contributed by atoms with Crippen molar-refractivity contribution in [2.45, 2.75) is 6.54 Å². The molecule has 0 aliphatic carbocycles. The molecule has 0 fully saturated rings. The van der Waals surface area contributed by atoms with Gasteiger partial charge in [0.1, 0.15) is 5.69 Å². The number of hydrogen-bond acceptors (Lipinski definition) is 1. The van der Waals surface area contributed by atoms with Gasteiger partial charge in [0.25, 0.3) is 5.24 Å². The molecule has 0 N–H and O–H groups in total. The average Bonchev–Trinajstić information content (AvgIpc) is 2.67. The molecule has 1 heterocycles. The van der Waals surface area contributed by atoms with Crippen molar-refractivity contribution in [2.75, 3.05) is 0 Å². The van der Waals surface area contributed by atoms with E-state index in [1.807, 2.05) is 47.2 Å². The van der Waals surface area contributed by atoms with Crippen molar-refractivity contribution in [3.63, 3.8) is 0 Å². The van der Waals surface area contributed by atoms with Gasteiger partial charge >= 0.3 is 0 Å². The van der Waals surface area contributed by atoms with E-state index in [1.165, 1.54) is 0 Å². The summed E-state index contributed by atoms with van der Waals surface area (Å²) in [6.07, 6.45) is 1.85. The van der Waals surface area contributed by atoms with Crippen molar-refractivity contribution in [3.8, 4) is 0 Å². The van der Waals surface area contributed by atoms with E-state index >= 15 is 0 Å². The molecule has 2 rings (SSSR count). The molecule has 0 spiro atoms. The number of carbonyl (C=O) groups is 1. The molecular weight excluding hydrogens is 210 g/mol. The summed E-state index contributed by atoms with van der Waals surface area (Å²) >= 11 is 5.46. The molecule has 0 saturated heterocycles. The molecule has 1 aromatic heterocycles. The Bertz CT molecular complexity index is 461. The number of halogens is 1. The van der Waals surface area contributed by atoms with Crippen LogP contribution in [0.4, 0.5) is 0 Å². The Labute approximate surface area is 93.1 Å². The van der Waals surface area contributed by atoms with Gasteiger partial charge in [-0.05, 0) is 29.3 Å². The molecule has 0 radical (unpaired) electrons. The molecule has 0 bridgehead atoms. The molecule has 0 saturated carbocycles. The Balaban J connectivity index is 2.25. The van der Waals surface area contributed by atoms with Crippen LogP contribution in [0.2, 0.25) is 0 Å². The second-order valence-electron chi connectivity index (χ2n) is 3.28. The zero-order valence-electron chi connectivity index (χ0n) is 8.06. The predicted molar refractivity (Wildman–Crippen MR) is 60.2 cm³/mol. The van der Waals surface area contributed by atoms with Gasteiger partial charge in [0.2, 0.25) is 0 Å². The highest BCUT2D eigenvalue weighted by molar-refractivity contribution is 6.67. The maximum absolute atomic E-state index is 11.1. The molecule has 15 heavy (non-hydrogen) atoms. The van der Waals surface area contributed by atoms with Crippen LogP contribution in [0, 0.1) is 0 Å². The SMILES string of the molecule is O=C(Cl)c1cccn1Cc1ccccc1. The normalized spacial score (nSPS) is 10.2. The van der Waals surface area contributed by atoms with Gasteiger partial charge in [-0.2, -0.15) is 0 Å². The minimum absolute atomic E-state index is 0.420. The van der Waals surface area contributed by atoms with Crippen molar-refractivity contribution in [1.82, 2.24) is 4.57 Å². The maximum atomic E-state index is 11.1. The number of aromatic nitrogens is 1. The Morgan fingerprint density at radius 1 is 1.13 bits per heavy atom. The molecular formula is C12H10ClNO. The summed E-state index contributed by atoms with van der Waals surface area (Å²) in [5, 5.41) is -0.420. The number of rotatable bonds is 3. The first-order valence-corrected chi connectivity index (χ1v) is 5.04. The van der Waals surface area contributed by atoms with Crippen molar-refractivity contribution < 1.29 is 4.79 Å². The number of benzene rings is 1. The zero-order chi connectivity index (χ0) is 10.7. The van der Waals surface area contributed by atoms with Gasteiger partial charge in [-0.25, -0.2) is 0 Å². The van der Waals surface area contributed by atoms with E-state index in [4.69, 9.17) is 11.6 Å². The van der Waals surface area contributed by atoms with Crippen LogP contribution in [0.3, 0.4) is 0 Å². The molecule has 0 atom stereocenters. The second kappa shape index (κ2) is 4.32. The third-order valence-electron chi connectivity index (χ3n) is 2.23. The summed E-state index contributed by atoms with van der Waals surface area (Å²) in [6, 6.07) is 13.5. The highest BCUT2D eigenvalue weighted by atomic mass is 35.5. The lowest BCUT2D eigenvalue weighted by Gasteiger charge is -2.05. The summed E-state index contributed by atoms with van der Waals surface area (Å²) in [4.78, 5) is 11.1. The first-order chi connectivity index (χ1) is 7.27. The number of nitrogens with zero attached hydrogens (tertiary/aromatic N) is 1. The van der Waals surface area contributed by atoms with Crippen LogP contribution in [0.15, 0.2) is 48.7 Å². The molecule has 0 aliphatic heterocycles. The lowest BCUT2D eigenvalue weighted by Crippen LogP contribution is -2.05. The third-order valence-corrected chi connectivity index (χ3v) is 2.42. The fourth-order valence-corrected chi connectivity index (χ4v) is 1.68. The highest BCUT2D eigenvalue weighted by Gasteiger charge is 2.07. The van der Waals surface area contributed by atoms with E-state index < -0.39 is 5.24 Å². The summed E-state index contributed by atoms with van der Waals surface area (Å²) in [5.74, 6) is 0. The van der Waals surface area contributed by atoms with E-state index in [0.29, 0.717) is 12.2 Å². The Morgan fingerprint density at radius 2 is 1.87 bits per heavy atom. The van der Waals surface area contributed by atoms with Gasteiger partial charge in [0, 0.05) is 12.7 Å². The molecule has 76 valence electrons. The quantitative estimate of drug-likeness (QED) is 0.728. The van der Waals surface area contributed by atoms with Gasteiger partial charge in [-0.3, -0.25) is 4.79 Å². The van der Waals surface area contributed by atoms with Crippen molar-refractivity contribution in [1.29, 1.82) is 0 Å². The highest BCUT2D eigenvalue weighted by Crippen LogP contribution is 2.09. The summed E-state index contributed by atoms with van der Waals surface area (Å²) < 4.78 is 1.84. The van der Waals surface area contributed by atoms with Gasteiger partial charge in [-0.1, -0.05) is 30.3 Å². The van der Waals surface area contributed by atoms with Crippen LogP contribution < -0.4 is 0 Å². The smallest absolute Gasteiger partial charge is 0.268 e. The van der Waals surface area contributed by atoms with Crippen molar-refractivity contribution in [2.24, 2.45) is 0 Å². The van der Waals surface area contributed by atoms with Crippen LogP contribution in [0.1, 0.15) is 16.1 Å². The standard InChI is InChI=1S/C12H10ClNO/c13-12(15)11-7-4-8-14(11)9-10-5-2-1-3-6-10/h1-8H,9H2. The lowest BCUT2D eigenvalue weighted by molar-refractivity contribution is 0.107. The third kappa shape index (κ3) is 2.28. The van der Waals surface area contributed by atoms with E-state index in [1.54, 1.807) is 6.07 Å². The fourth-order valence-electron chi connectivity index (χ4n) is 1.51. The second-order valence-corrected chi connectivity index (χ2v) is 3.62. The first-order valence-electron chi connectivity index (χ1n) is 4.66. The summed E-state index contributed by atoms with van der Waals surface area (Å²) in [6.45, 7) is 0.668. The Morgan fingerprint density at radius 3 is 2.53 bits per heavy atom. The summed E-state index contributed by atoms with van der Waals surface area (Å²) in [5.41, 5.74) is 1.67. The number of carbonyl (C=O) groups excluding carboxylic acids is 1. The van der Waals surface area contributed by atoms with E-state index in [9.17, 15) is 4.79 Å². The first kappa shape index (κ1) is 9.99. The minimum Gasteiger partial charge on any atom is -0.340 e. The van der Waals surface area contributed by atoms with E-state index in [-0.39, 0.29) is 0 Å². The van der Waals surface area contributed by atoms with Crippen LogP contribution in [0.5, 0.6) is 0 Å². The molecule has 0 unspecified atom stereocenters. The topological polar surface area (TPSA) is 22.0 Å². The van der Waals surface area contributed by atoms with Crippen LogP contribution in [-0.2, 0) is 6.54 Å². The fraction of sp³-hybridized carbons (Fsp3) is 0.0833. The van der Waals surface area contributed by atoms with E-state index in [0.717, 1.165) is 5.56 Å². The average molecular weight is 220 g/mol. The molecule has 2 aromatic rings. The minimum atomic E-state index is -0.420. The molecule has 0 aliphatic rings. The largest absolute Gasteiger partial charge is 0.340 e. The van der Waals surface area contributed by atoms with Crippen LogP contribution >= 0.6 is 11.6 Å².